The van der Waals surface area contributed by atoms with Gasteiger partial charge in [0.1, 0.15) is 0 Å². The fourth-order valence-electron chi connectivity index (χ4n) is 2.20. The van der Waals surface area contributed by atoms with Crippen LogP contribution in [0.1, 0.15) is 26.7 Å². The number of carboxylic acid groups (broad SMARTS) is 1. The van der Waals surface area contributed by atoms with Gasteiger partial charge in [0.25, 0.3) is 0 Å². The Morgan fingerprint density at radius 2 is 2.27 bits per heavy atom. The van der Waals surface area contributed by atoms with Gasteiger partial charge in [-0.2, -0.15) is 0 Å². The van der Waals surface area contributed by atoms with Crippen LogP contribution < -0.4 is 5.73 Å². The van der Waals surface area contributed by atoms with E-state index < -0.39 is 11.4 Å². The molecule has 0 aromatic rings. The smallest absolute Gasteiger partial charge is 0.309 e. The Morgan fingerprint density at radius 1 is 1.60 bits per heavy atom. The molecule has 1 saturated heterocycles. The SMILES string of the molecule is CC(C)(C(=O)O)C1CCCN(CCN)C1. The average Bonchev–Trinajstić information content (AvgIpc) is 2.18. The molecule has 0 spiro atoms. The second-order valence-corrected chi connectivity index (χ2v) is 4.96. The molecule has 1 unspecified atom stereocenters. The predicted molar refractivity (Wildman–Crippen MR) is 59.6 cm³/mol. The number of hydrogen-bond donors (Lipinski definition) is 2. The van der Waals surface area contributed by atoms with Gasteiger partial charge < -0.3 is 15.7 Å². The number of likely N-dealkylation sites (tertiary alicyclic amines) is 1. The number of rotatable bonds is 4. The molecular formula is C11H22N2O2. The van der Waals surface area contributed by atoms with Gasteiger partial charge in [0.15, 0.2) is 0 Å². The highest BCUT2D eigenvalue weighted by atomic mass is 16.4. The summed E-state index contributed by atoms with van der Waals surface area (Å²) in [4.78, 5) is 13.4. The van der Waals surface area contributed by atoms with Gasteiger partial charge in [-0.1, -0.05) is 0 Å². The van der Waals surface area contributed by atoms with E-state index in [-0.39, 0.29) is 5.92 Å². The second-order valence-electron chi connectivity index (χ2n) is 4.96. The maximum absolute atomic E-state index is 11.1. The number of carbonyl (C=O) groups is 1. The minimum absolute atomic E-state index is 0.246. The van der Waals surface area contributed by atoms with Crippen LogP contribution in [-0.4, -0.2) is 42.2 Å². The van der Waals surface area contributed by atoms with Crippen LogP contribution in [0, 0.1) is 11.3 Å². The summed E-state index contributed by atoms with van der Waals surface area (Å²) in [6.45, 7) is 7.12. The Kier molecular flexibility index (Phi) is 4.11. The van der Waals surface area contributed by atoms with Crippen LogP contribution in [0.5, 0.6) is 0 Å². The van der Waals surface area contributed by atoms with Crippen LogP contribution in [0.15, 0.2) is 0 Å². The molecule has 1 aliphatic heterocycles. The summed E-state index contributed by atoms with van der Waals surface area (Å²) < 4.78 is 0. The van der Waals surface area contributed by atoms with Gasteiger partial charge >= 0.3 is 5.97 Å². The molecule has 1 rings (SSSR count). The van der Waals surface area contributed by atoms with Gasteiger partial charge in [-0.15, -0.1) is 0 Å². The number of nitrogens with two attached hydrogens (primary N) is 1. The number of piperidine rings is 1. The van der Waals surface area contributed by atoms with E-state index in [1.807, 2.05) is 13.8 Å². The quantitative estimate of drug-likeness (QED) is 0.725. The summed E-state index contributed by atoms with van der Waals surface area (Å²) in [6, 6.07) is 0. The molecule has 3 N–H and O–H groups in total. The number of aliphatic carboxylic acids is 1. The molecule has 0 aliphatic carbocycles. The highest BCUT2D eigenvalue weighted by Gasteiger charge is 2.38. The van der Waals surface area contributed by atoms with Crippen molar-refractivity contribution < 1.29 is 9.90 Å². The van der Waals surface area contributed by atoms with E-state index in [1.54, 1.807) is 0 Å². The first-order valence-electron chi connectivity index (χ1n) is 5.64. The first-order chi connectivity index (χ1) is 6.98. The molecule has 0 saturated carbocycles. The summed E-state index contributed by atoms with van der Waals surface area (Å²) in [5.41, 5.74) is 4.90. The van der Waals surface area contributed by atoms with Crippen molar-refractivity contribution in [3.05, 3.63) is 0 Å². The lowest BCUT2D eigenvalue weighted by atomic mass is 9.74. The van der Waals surface area contributed by atoms with Crippen molar-refractivity contribution in [2.24, 2.45) is 17.1 Å². The van der Waals surface area contributed by atoms with Crippen LogP contribution in [0.25, 0.3) is 0 Å². The molecule has 15 heavy (non-hydrogen) atoms. The third kappa shape index (κ3) is 2.92. The maximum atomic E-state index is 11.1. The van der Waals surface area contributed by atoms with Crippen molar-refractivity contribution in [3.8, 4) is 0 Å². The lowest BCUT2D eigenvalue weighted by Gasteiger charge is -2.39. The van der Waals surface area contributed by atoms with Gasteiger partial charge in [-0.25, -0.2) is 0 Å². The van der Waals surface area contributed by atoms with E-state index in [1.165, 1.54) is 0 Å². The lowest BCUT2D eigenvalue weighted by molar-refractivity contribution is -0.151. The molecule has 1 heterocycles. The summed E-state index contributed by atoms with van der Waals surface area (Å²) in [7, 11) is 0. The highest BCUT2D eigenvalue weighted by molar-refractivity contribution is 5.74. The van der Waals surface area contributed by atoms with Crippen LogP contribution >= 0.6 is 0 Å². The predicted octanol–water partition coefficient (Wildman–Crippen LogP) is 0.768. The monoisotopic (exact) mass is 214 g/mol. The number of hydrogen-bond acceptors (Lipinski definition) is 3. The number of nitrogens with zero attached hydrogens (tertiary/aromatic N) is 1. The van der Waals surface area contributed by atoms with Crippen molar-refractivity contribution >= 4 is 5.97 Å². The van der Waals surface area contributed by atoms with E-state index in [9.17, 15) is 4.79 Å². The zero-order valence-electron chi connectivity index (χ0n) is 9.70. The molecule has 0 radical (unpaired) electrons. The third-order valence-electron chi connectivity index (χ3n) is 3.52. The summed E-state index contributed by atoms with van der Waals surface area (Å²) in [5.74, 6) is -0.447. The fourth-order valence-corrected chi connectivity index (χ4v) is 2.20. The molecule has 0 amide bonds. The zero-order chi connectivity index (χ0) is 11.5. The maximum Gasteiger partial charge on any atom is 0.309 e. The van der Waals surface area contributed by atoms with Crippen molar-refractivity contribution in [2.75, 3.05) is 26.2 Å². The van der Waals surface area contributed by atoms with Crippen molar-refractivity contribution in [1.82, 2.24) is 4.90 Å². The van der Waals surface area contributed by atoms with Gasteiger partial charge in [-0.05, 0) is 39.2 Å². The topological polar surface area (TPSA) is 66.6 Å². The molecule has 4 heteroatoms. The Labute approximate surface area is 91.4 Å². The first-order valence-corrected chi connectivity index (χ1v) is 5.64. The van der Waals surface area contributed by atoms with E-state index in [4.69, 9.17) is 10.8 Å². The molecular weight excluding hydrogens is 192 g/mol. The molecule has 0 aromatic carbocycles. The van der Waals surface area contributed by atoms with Gasteiger partial charge in [0.05, 0.1) is 5.41 Å². The Bertz CT molecular complexity index is 227. The standard InChI is InChI=1S/C11H22N2O2/c1-11(2,10(14)15)9-4-3-6-13(8-9)7-5-12/h9H,3-8,12H2,1-2H3,(H,14,15). The fraction of sp³-hybridized carbons (Fsp3) is 0.909. The third-order valence-corrected chi connectivity index (χ3v) is 3.52. The van der Waals surface area contributed by atoms with E-state index in [2.05, 4.69) is 4.90 Å². The minimum Gasteiger partial charge on any atom is -0.481 e. The minimum atomic E-state index is -0.693. The molecule has 1 aliphatic rings. The molecule has 88 valence electrons. The van der Waals surface area contributed by atoms with E-state index >= 15 is 0 Å². The Morgan fingerprint density at radius 3 is 2.80 bits per heavy atom. The second kappa shape index (κ2) is 4.94. The Hall–Kier alpha value is -0.610. The zero-order valence-corrected chi connectivity index (χ0v) is 9.70. The highest BCUT2D eigenvalue weighted by Crippen LogP contribution is 2.33. The largest absolute Gasteiger partial charge is 0.481 e. The van der Waals surface area contributed by atoms with Crippen LogP contribution in [-0.2, 0) is 4.79 Å². The van der Waals surface area contributed by atoms with Crippen molar-refractivity contribution in [3.63, 3.8) is 0 Å². The van der Waals surface area contributed by atoms with Crippen molar-refractivity contribution in [1.29, 1.82) is 0 Å². The summed E-state index contributed by atoms with van der Waals surface area (Å²) >= 11 is 0. The Balaban J connectivity index is 2.59. The van der Waals surface area contributed by atoms with Crippen LogP contribution in [0.2, 0.25) is 0 Å². The van der Waals surface area contributed by atoms with Gasteiger partial charge in [0.2, 0.25) is 0 Å². The molecule has 1 fully saturated rings. The normalized spacial score (nSPS) is 24.1. The summed E-state index contributed by atoms with van der Waals surface area (Å²) in [5, 5.41) is 9.17. The average molecular weight is 214 g/mol. The first kappa shape index (κ1) is 12.5. The molecule has 1 atom stereocenters. The van der Waals surface area contributed by atoms with Crippen LogP contribution in [0.4, 0.5) is 0 Å². The lowest BCUT2D eigenvalue weighted by Crippen LogP contribution is -2.45. The molecule has 4 nitrogen and oxygen atoms in total. The molecule has 0 bridgehead atoms. The van der Waals surface area contributed by atoms with E-state index in [0.717, 1.165) is 32.5 Å². The van der Waals surface area contributed by atoms with Gasteiger partial charge in [0, 0.05) is 19.6 Å². The van der Waals surface area contributed by atoms with E-state index in [0.29, 0.717) is 6.54 Å². The van der Waals surface area contributed by atoms with Crippen molar-refractivity contribution in [2.45, 2.75) is 26.7 Å². The number of carboxylic acids is 1. The summed E-state index contributed by atoms with van der Waals surface area (Å²) in [6.07, 6.45) is 2.10. The van der Waals surface area contributed by atoms with Gasteiger partial charge in [-0.3, -0.25) is 4.79 Å². The van der Waals surface area contributed by atoms with Crippen LogP contribution in [0.3, 0.4) is 0 Å². The molecule has 0 aromatic heterocycles.